The molecular weight excluding hydrogens is 351 g/mol. The Morgan fingerprint density at radius 2 is 1.88 bits per heavy atom. The molecule has 1 N–H and O–H groups in total. The van der Waals surface area contributed by atoms with Gasteiger partial charge in [-0.05, 0) is 37.6 Å². The van der Waals surface area contributed by atoms with Crippen LogP contribution in [-0.2, 0) is 4.79 Å². The molecule has 0 aliphatic carbocycles. The molecule has 0 fully saturated rings. The number of alkyl halides is 3. The quantitative estimate of drug-likeness (QED) is 0.730. The Morgan fingerprint density at radius 1 is 1.16 bits per heavy atom. The van der Waals surface area contributed by atoms with Crippen molar-refractivity contribution in [3.8, 4) is 5.75 Å². The highest BCUT2D eigenvalue weighted by atomic mass is 32.2. The number of carbonyl (C=O) groups excluding carboxylic acids is 1. The first-order valence-corrected chi connectivity index (χ1v) is 8.51. The summed E-state index contributed by atoms with van der Waals surface area (Å²) >= 11 is 0.634. The Balaban J connectivity index is 1.96. The fourth-order valence-corrected chi connectivity index (χ4v) is 2.91. The smallest absolute Gasteiger partial charge is 0.398 e. The molecule has 0 atom stereocenters. The number of anilines is 1. The van der Waals surface area contributed by atoms with Gasteiger partial charge in [-0.2, -0.15) is 13.2 Å². The van der Waals surface area contributed by atoms with Crippen LogP contribution < -0.4 is 10.1 Å². The lowest BCUT2D eigenvalue weighted by atomic mass is 10.1. The number of nitrogens with one attached hydrogen (secondary N) is 1. The molecule has 0 radical (unpaired) electrons. The maximum Gasteiger partial charge on any atom is 0.398 e. The molecular formula is C18H18F3NO2S. The van der Waals surface area contributed by atoms with Gasteiger partial charge in [0.05, 0.1) is 11.4 Å². The van der Waals surface area contributed by atoms with Gasteiger partial charge in [0, 0.05) is 4.90 Å². The van der Waals surface area contributed by atoms with Crippen molar-refractivity contribution >= 4 is 23.4 Å². The number of para-hydroxylation sites is 1. The van der Waals surface area contributed by atoms with Gasteiger partial charge in [-0.25, -0.2) is 0 Å². The lowest BCUT2D eigenvalue weighted by molar-refractivity contribution is -0.118. The van der Waals surface area contributed by atoms with E-state index < -0.39 is 17.8 Å². The first-order chi connectivity index (χ1) is 11.7. The largest absolute Gasteiger partial charge is 0.483 e. The van der Waals surface area contributed by atoms with E-state index in [2.05, 4.69) is 5.32 Å². The van der Waals surface area contributed by atoms with Gasteiger partial charge in [-0.15, -0.1) is 11.8 Å². The Hall–Kier alpha value is -2.15. The van der Waals surface area contributed by atoms with E-state index >= 15 is 0 Å². The van der Waals surface area contributed by atoms with E-state index in [4.69, 9.17) is 4.74 Å². The monoisotopic (exact) mass is 369 g/mol. The average molecular weight is 369 g/mol. The van der Waals surface area contributed by atoms with E-state index in [1.165, 1.54) is 6.07 Å². The van der Waals surface area contributed by atoms with Crippen LogP contribution in [0.4, 0.5) is 18.9 Å². The van der Waals surface area contributed by atoms with Crippen LogP contribution in [0.1, 0.15) is 11.1 Å². The minimum absolute atomic E-state index is 0.220. The number of ether oxygens (including phenoxy) is 1. The fourth-order valence-electron chi connectivity index (χ4n) is 2.15. The molecule has 0 aromatic heterocycles. The molecule has 3 nitrogen and oxygen atoms in total. The molecule has 25 heavy (non-hydrogen) atoms. The molecule has 0 aliphatic rings. The minimum atomic E-state index is -4.27. The maximum absolute atomic E-state index is 12.4. The third-order valence-electron chi connectivity index (χ3n) is 3.24. The Kier molecular flexibility index (Phi) is 6.36. The van der Waals surface area contributed by atoms with E-state index in [1.54, 1.807) is 24.3 Å². The molecule has 7 heteroatoms. The molecule has 2 rings (SSSR count). The highest BCUT2D eigenvalue weighted by molar-refractivity contribution is 7.99. The number of carbonyl (C=O) groups is 1. The lowest BCUT2D eigenvalue weighted by Gasteiger charge is -2.13. The van der Waals surface area contributed by atoms with Crippen LogP contribution >= 0.6 is 11.8 Å². The minimum Gasteiger partial charge on any atom is -0.483 e. The number of hydrogen-bond acceptors (Lipinski definition) is 3. The average Bonchev–Trinajstić information content (AvgIpc) is 2.52. The maximum atomic E-state index is 12.4. The third kappa shape index (κ3) is 6.34. The summed E-state index contributed by atoms with van der Waals surface area (Å²) in [7, 11) is 0. The zero-order valence-corrected chi connectivity index (χ0v) is 14.6. The lowest BCUT2D eigenvalue weighted by Crippen LogP contribution is -2.21. The van der Waals surface area contributed by atoms with Gasteiger partial charge in [-0.3, -0.25) is 4.79 Å². The Labute approximate surface area is 148 Å². The summed E-state index contributed by atoms with van der Waals surface area (Å²) in [5, 5.41) is 2.60. The summed E-state index contributed by atoms with van der Waals surface area (Å²) in [5.41, 5.74) is 2.34. The summed E-state index contributed by atoms with van der Waals surface area (Å²) < 4.78 is 42.6. The van der Waals surface area contributed by atoms with Gasteiger partial charge in [-0.1, -0.05) is 29.8 Å². The van der Waals surface area contributed by atoms with Crippen molar-refractivity contribution in [2.45, 2.75) is 24.9 Å². The van der Waals surface area contributed by atoms with Crippen LogP contribution in [0.15, 0.2) is 47.4 Å². The van der Waals surface area contributed by atoms with Crippen molar-refractivity contribution in [2.75, 3.05) is 17.7 Å². The SMILES string of the molecule is Cc1ccc(OCC(=O)Nc2ccccc2SCC(F)(F)F)c(C)c1. The van der Waals surface area contributed by atoms with Gasteiger partial charge in [0.25, 0.3) is 5.91 Å². The fraction of sp³-hybridized carbons (Fsp3) is 0.278. The van der Waals surface area contributed by atoms with Gasteiger partial charge >= 0.3 is 6.18 Å². The summed E-state index contributed by atoms with van der Waals surface area (Å²) in [6, 6.07) is 12.0. The van der Waals surface area contributed by atoms with Gasteiger partial charge in [0.15, 0.2) is 6.61 Å². The summed E-state index contributed by atoms with van der Waals surface area (Å²) in [6.45, 7) is 3.62. The van der Waals surface area contributed by atoms with Crippen LogP contribution in [0.2, 0.25) is 0 Å². The summed E-state index contributed by atoms with van der Waals surface area (Å²) in [6.07, 6.45) is -4.27. The van der Waals surface area contributed by atoms with E-state index in [0.29, 0.717) is 28.1 Å². The number of rotatable bonds is 6. The second-order valence-electron chi connectivity index (χ2n) is 5.51. The molecule has 2 aromatic rings. The Morgan fingerprint density at radius 3 is 2.56 bits per heavy atom. The van der Waals surface area contributed by atoms with E-state index in [9.17, 15) is 18.0 Å². The molecule has 0 spiro atoms. The Bertz CT molecular complexity index is 747. The van der Waals surface area contributed by atoms with Crippen molar-refractivity contribution in [1.82, 2.24) is 0 Å². The van der Waals surface area contributed by atoms with Gasteiger partial charge in [0.2, 0.25) is 0 Å². The predicted octanol–water partition coefficient (Wildman–Crippen LogP) is 4.98. The van der Waals surface area contributed by atoms with Crippen molar-refractivity contribution < 1.29 is 22.7 Å². The van der Waals surface area contributed by atoms with E-state index in [-0.39, 0.29) is 6.61 Å². The number of amides is 1. The van der Waals surface area contributed by atoms with Crippen molar-refractivity contribution in [1.29, 1.82) is 0 Å². The zero-order chi connectivity index (χ0) is 18.4. The first-order valence-electron chi connectivity index (χ1n) is 7.53. The number of aryl methyl sites for hydroxylation is 2. The predicted molar refractivity (Wildman–Crippen MR) is 93.3 cm³/mol. The molecule has 0 saturated carbocycles. The number of hydrogen-bond donors (Lipinski definition) is 1. The van der Waals surface area contributed by atoms with Crippen LogP contribution in [0.25, 0.3) is 0 Å². The van der Waals surface area contributed by atoms with Crippen LogP contribution in [-0.4, -0.2) is 24.4 Å². The van der Waals surface area contributed by atoms with Crippen LogP contribution in [0, 0.1) is 13.8 Å². The van der Waals surface area contributed by atoms with E-state index in [0.717, 1.165) is 11.1 Å². The number of halogens is 3. The van der Waals surface area contributed by atoms with Crippen LogP contribution in [0.5, 0.6) is 5.75 Å². The molecule has 0 unspecified atom stereocenters. The second-order valence-corrected chi connectivity index (χ2v) is 6.52. The van der Waals surface area contributed by atoms with Crippen molar-refractivity contribution in [2.24, 2.45) is 0 Å². The highest BCUT2D eigenvalue weighted by Gasteiger charge is 2.27. The molecule has 1 amide bonds. The van der Waals surface area contributed by atoms with Gasteiger partial charge < -0.3 is 10.1 Å². The van der Waals surface area contributed by atoms with Crippen molar-refractivity contribution in [3.05, 3.63) is 53.6 Å². The summed E-state index contributed by atoms with van der Waals surface area (Å²) in [5.74, 6) is -0.848. The highest BCUT2D eigenvalue weighted by Crippen LogP contribution is 2.32. The second kappa shape index (κ2) is 8.29. The normalized spacial score (nSPS) is 11.2. The molecule has 2 aromatic carbocycles. The molecule has 0 bridgehead atoms. The number of benzene rings is 2. The first kappa shape index (κ1) is 19.2. The summed E-state index contributed by atoms with van der Waals surface area (Å²) in [4.78, 5) is 12.4. The van der Waals surface area contributed by atoms with Gasteiger partial charge in [0.1, 0.15) is 5.75 Å². The molecule has 134 valence electrons. The van der Waals surface area contributed by atoms with Crippen LogP contribution in [0.3, 0.4) is 0 Å². The third-order valence-corrected chi connectivity index (χ3v) is 4.38. The van der Waals surface area contributed by atoms with Crippen molar-refractivity contribution in [3.63, 3.8) is 0 Å². The zero-order valence-electron chi connectivity index (χ0n) is 13.8. The number of thioether (sulfide) groups is 1. The topological polar surface area (TPSA) is 38.3 Å². The molecule has 0 aliphatic heterocycles. The molecule has 0 heterocycles. The standard InChI is InChI=1S/C18H18F3NO2S/c1-12-7-8-15(13(2)9-12)24-10-17(23)22-14-5-3-4-6-16(14)25-11-18(19,20)21/h3-9H,10-11H2,1-2H3,(H,22,23). The van der Waals surface area contributed by atoms with E-state index in [1.807, 2.05) is 26.0 Å². The molecule has 0 saturated heterocycles.